The summed E-state index contributed by atoms with van der Waals surface area (Å²) in [4.78, 5) is 11.8. The van der Waals surface area contributed by atoms with Crippen molar-refractivity contribution in [3.63, 3.8) is 0 Å². The third-order valence-corrected chi connectivity index (χ3v) is 3.67. The van der Waals surface area contributed by atoms with Crippen LogP contribution in [0.4, 0.5) is 4.79 Å². The summed E-state index contributed by atoms with van der Waals surface area (Å²) < 4.78 is 11.2. The summed E-state index contributed by atoms with van der Waals surface area (Å²) in [7, 11) is 0. The summed E-state index contributed by atoms with van der Waals surface area (Å²) in [5.74, 6) is 1.67. The van der Waals surface area contributed by atoms with Gasteiger partial charge in [0.15, 0.2) is 0 Å². The highest BCUT2D eigenvalue weighted by Crippen LogP contribution is 2.14. The molecule has 2 aromatic rings. The highest BCUT2D eigenvalue weighted by molar-refractivity contribution is 5.73. The van der Waals surface area contributed by atoms with E-state index in [1.165, 1.54) is 5.56 Å². The molecule has 0 saturated carbocycles. The molecular weight excluding hydrogens is 328 g/mol. The molecule has 0 unspecified atom stereocenters. The Morgan fingerprint density at radius 1 is 0.923 bits per heavy atom. The Labute approximate surface area is 155 Å². The molecule has 2 aromatic carbocycles. The van der Waals surface area contributed by atoms with Gasteiger partial charge in [-0.2, -0.15) is 0 Å². The lowest BCUT2D eigenvalue weighted by atomic mass is 10.1. The normalized spacial score (nSPS) is 10.5. The van der Waals surface area contributed by atoms with Gasteiger partial charge >= 0.3 is 6.03 Å². The van der Waals surface area contributed by atoms with Crippen LogP contribution in [0.3, 0.4) is 0 Å². The van der Waals surface area contributed by atoms with E-state index in [0.29, 0.717) is 19.7 Å². The fraction of sp³-hybridized carbons (Fsp3) is 0.381. The zero-order chi connectivity index (χ0) is 18.8. The van der Waals surface area contributed by atoms with E-state index in [0.717, 1.165) is 23.5 Å². The van der Waals surface area contributed by atoms with Crippen LogP contribution in [0, 0.1) is 6.92 Å². The second-order valence-electron chi connectivity index (χ2n) is 6.40. The van der Waals surface area contributed by atoms with E-state index in [1.807, 2.05) is 69.3 Å². The quantitative estimate of drug-likeness (QED) is 0.674. The van der Waals surface area contributed by atoms with E-state index in [-0.39, 0.29) is 12.1 Å². The molecule has 2 N–H and O–H groups in total. The van der Waals surface area contributed by atoms with Crippen molar-refractivity contribution in [3.8, 4) is 11.5 Å². The van der Waals surface area contributed by atoms with E-state index < -0.39 is 0 Å². The molecule has 0 aliphatic carbocycles. The number of rotatable bonds is 9. The Balaban J connectivity index is 1.57. The second kappa shape index (κ2) is 10.3. The molecular formula is C21H28N2O3. The van der Waals surface area contributed by atoms with Gasteiger partial charge in [0.2, 0.25) is 0 Å². The van der Waals surface area contributed by atoms with E-state index in [1.54, 1.807) is 0 Å². The molecule has 0 saturated heterocycles. The lowest BCUT2D eigenvalue weighted by molar-refractivity contribution is 0.236. The maximum Gasteiger partial charge on any atom is 0.314 e. The van der Waals surface area contributed by atoms with Crippen molar-refractivity contribution >= 4 is 6.03 Å². The van der Waals surface area contributed by atoms with Gasteiger partial charge in [-0.1, -0.05) is 29.8 Å². The molecule has 0 bridgehead atoms. The minimum atomic E-state index is -0.183. The van der Waals surface area contributed by atoms with Crippen molar-refractivity contribution in [2.45, 2.75) is 33.3 Å². The number of aryl methyl sites for hydroxylation is 1. The Morgan fingerprint density at radius 2 is 1.54 bits per heavy atom. The fourth-order valence-electron chi connectivity index (χ4n) is 2.36. The minimum Gasteiger partial charge on any atom is -0.492 e. The predicted molar refractivity (Wildman–Crippen MR) is 104 cm³/mol. The van der Waals surface area contributed by atoms with Gasteiger partial charge in [-0.25, -0.2) is 4.79 Å². The van der Waals surface area contributed by atoms with E-state index >= 15 is 0 Å². The molecule has 0 aliphatic heterocycles. The van der Waals surface area contributed by atoms with Crippen molar-refractivity contribution < 1.29 is 14.3 Å². The van der Waals surface area contributed by atoms with Crippen LogP contribution in [-0.4, -0.2) is 31.8 Å². The summed E-state index contributed by atoms with van der Waals surface area (Å²) in [6.07, 6.45) is 0.941. The first-order valence-electron chi connectivity index (χ1n) is 8.99. The monoisotopic (exact) mass is 356 g/mol. The average molecular weight is 356 g/mol. The average Bonchev–Trinajstić information content (AvgIpc) is 2.61. The smallest absolute Gasteiger partial charge is 0.314 e. The van der Waals surface area contributed by atoms with E-state index in [9.17, 15) is 4.79 Å². The van der Waals surface area contributed by atoms with Crippen LogP contribution in [0.1, 0.15) is 25.0 Å². The Morgan fingerprint density at radius 3 is 2.19 bits per heavy atom. The zero-order valence-corrected chi connectivity index (χ0v) is 15.7. The SMILES string of the molecule is Cc1ccc(OCCNC(=O)NCCc2ccc(OC(C)C)cc2)cc1. The second-order valence-corrected chi connectivity index (χ2v) is 6.40. The number of carbonyl (C=O) groups is 1. The summed E-state index contributed by atoms with van der Waals surface area (Å²) in [6.45, 7) is 7.51. The molecule has 0 fully saturated rings. The van der Waals surface area contributed by atoms with Gasteiger partial charge in [0.1, 0.15) is 18.1 Å². The molecule has 140 valence electrons. The molecule has 0 aromatic heterocycles. The van der Waals surface area contributed by atoms with E-state index in [2.05, 4.69) is 10.6 Å². The van der Waals surface area contributed by atoms with Gasteiger partial charge < -0.3 is 20.1 Å². The zero-order valence-electron chi connectivity index (χ0n) is 15.7. The van der Waals surface area contributed by atoms with Crippen LogP contribution in [-0.2, 0) is 6.42 Å². The number of carbonyl (C=O) groups excluding carboxylic acids is 1. The van der Waals surface area contributed by atoms with Crippen LogP contribution >= 0.6 is 0 Å². The van der Waals surface area contributed by atoms with Crippen LogP contribution < -0.4 is 20.1 Å². The van der Waals surface area contributed by atoms with E-state index in [4.69, 9.17) is 9.47 Å². The molecule has 5 nitrogen and oxygen atoms in total. The summed E-state index contributed by atoms with van der Waals surface area (Å²) in [5, 5.41) is 5.63. The number of benzene rings is 2. The number of urea groups is 1. The van der Waals surface area contributed by atoms with Crippen molar-refractivity contribution in [1.29, 1.82) is 0 Å². The Kier molecular flexibility index (Phi) is 7.80. The van der Waals surface area contributed by atoms with Crippen molar-refractivity contribution in [3.05, 3.63) is 59.7 Å². The highest BCUT2D eigenvalue weighted by atomic mass is 16.5. The highest BCUT2D eigenvalue weighted by Gasteiger charge is 2.01. The fourth-order valence-corrected chi connectivity index (χ4v) is 2.36. The summed E-state index contributed by atoms with van der Waals surface area (Å²) in [5.41, 5.74) is 2.35. The minimum absolute atomic E-state index is 0.168. The van der Waals surface area contributed by atoms with Gasteiger partial charge in [0.25, 0.3) is 0 Å². The van der Waals surface area contributed by atoms with Crippen molar-refractivity contribution in [2.24, 2.45) is 0 Å². The molecule has 0 aliphatic rings. The molecule has 26 heavy (non-hydrogen) atoms. The van der Waals surface area contributed by atoms with Crippen LogP contribution in [0.15, 0.2) is 48.5 Å². The lowest BCUT2D eigenvalue weighted by Gasteiger charge is -2.11. The molecule has 2 rings (SSSR count). The van der Waals surface area contributed by atoms with Crippen LogP contribution in [0.25, 0.3) is 0 Å². The number of nitrogens with one attached hydrogen (secondary N) is 2. The topological polar surface area (TPSA) is 59.6 Å². The van der Waals surface area contributed by atoms with Crippen molar-refractivity contribution in [2.75, 3.05) is 19.7 Å². The third kappa shape index (κ3) is 7.47. The first-order chi connectivity index (χ1) is 12.5. The first kappa shape index (κ1) is 19.6. The first-order valence-corrected chi connectivity index (χ1v) is 8.99. The molecule has 5 heteroatoms. The molecule has 0 spiro atoms. The lowest BCUT2D eigenvalue weighted by Crippen LogP contribution is -2.38. The molecule has 0 radical (unpaired) electrons. The van der Waals surface area contributed by atoms with Gasteiger partial charge in [-0.3, -0.25) is 0 Å². The predicted octanol–water partition coefficient (Wildman–Crippen LogP) is 3.70. The standard InChI is InChI=1S/C21H28N2O3/c1-16(2)26-20-10-6-18(7-11-20)12-13-22-21(24)23-14-15-25-19-8-4-17(3)5-9-19/h4-11,16H,12-15H2,1-3H3,(H2,22,23,24). The number of hydrogen-bond acceptors (Lipinski definition) is 3. The maximum absolute atomic E-state index is 11.8. The summed E-state index contributed by atoms with van der Waals surface area (Å²) >= 11 is 0. The van der Waals surface area contributed by atoms with Crippen LogP contribution in [0.2, 0.25) is 0 Å². The number of hydrogen-bond donors (Lipinski definition) is 2. The van der Waals surface area contributed by atoms with Gasteiger partial charge in [0, 0.05) is 6.54 Å². The van der Waals surface area contributed by atoms with Gasteiger partial charge in [0.05, 0.1) is 12.6 Å². The Hall–Kier alpha value is -2.69. The molecule has 0 atom stereocenters. The van der Waals surface area contributed by atoms with Gasteiger partial charge in [-0.15, -0.1) is 0 Å². The summed E-state index contributed by atoms with van der Waals surface area (Å²) in [6, 6.07) is 15.6. The maximum atomic E-state index is 11.8. The Bertz CT molecular complexity index is 667. The third-order valence-electron chi connectivity index (χ3n) is 3.67. The largest absolute Gasteiger partial charge is 0.492 e. The number of ether oxygens (including phenoxy) is 2. The molecule has 2 amide bonds. The van der Waals surface area contributed by atoms with Crippen LogP contribution in [0.5, 0.6) is 11.5 Å². The van der Waals surface area contributed by atoms with Gasteiger partial charge in [-0.05, 0) is 57.0 Å². The molecule has 0 heterocycles. The van der Waals surface area contributed by atoms with Crippen molar-refractivity contribution in [1.82, 2.24) is 10.6 Å². The number of amides is 2.